The van der Waals surface area contributed by atoms with E-state index in [0.29, 0.717) is 33.9 Å². The minimum absolute atomic E-state index is 0.0874. The monoisotopic (exact) mass is 487 g/mol. The van der Waals surface area contributed by atoms with Gasteiger partial charge in [0.25, 0.3) is 5.91 Å². The SMILES string of the molecule is CCCOc1cccc(C2c3c(oc4cc(C)cc(C)c4c3=O)C(=O)N2Cc2ccccc2Cl)c1. The van der Waals surface area contributed by atoms with Gasteiger partial charge in [0.2, 0.25) is 5.76 Å². The molecule has 0 radical (unpaired) electrons. The minimum atomic E-state index is -0.625. The maximum absolute atomic E-state index is 13.9. The van der Waals surface area contributed by atoms with Crippen molar-refractivity contribution in [1.82, 2.24) is 4.90 Å². The van der Waals surface area contributed by atoms with Crippen molar-refractivity contribution in [3.8, 4) is 5.75 Å². The predicted octanol–water partition coefficient (Wildman–Crippen LogP) is 6.60. The molecule has 5 nitrogen and oxygen atoms in total. The fraction of sp³-hybridized carbons (Fsp3) is 0.241. The Bertz CT molecular complexity index is 1510. The van der Waals surface area contributed by atoms with Gasteiger partial charge in [-0.15, -0.1) is 0 Å². The highest BCUT2D eigenvalue weighted by Gasteiger charge is 2.43. The molecule has 1 aliphatic heterocycles. The van der Waals surface area contributed by atoms with Crippen molar-refractivity contribution >= 4 is 28.5 Å². The van der Waals surface area contributed by atoms with Crippen LogP contribution in [0.25, 0.3) is 11.0 Å². The largest absolute Gasteiger partial charge is 0.494 e. The van der Waals surface area contributed by atoms with Crippen LogP contribution in [-0.4, -0.2) is 17.4 Å². The van der Waals surface area contributed by atoms with Gasteiger partial charge < -0.3 is 14.1 Å². The molecule has 1 atom stereocenters. The summed E-state index contributed by atoms with van der Waals surface area (Å²) in [5.41, 5.74) is 3.98. The lowest BCUT2D eigenvalue weighted by molar-refractivity contribution is 0.0714. The molecule has 2 heterocycles. The van der Waals surface area contributed by atoms with Gasteiger partial charge in [-0.2, -0.15) is 0 Å². The van der Waals surface area contributed by atoms with Gasteiger partial charge in [-0.3, -0.25) is 9.59 Å². The van der Waals surface area contributed by atoms with E-state index in [4.69, 9.17) is 20.8 Å². The fourth-order valence-electron chi connectivity index (χ4n) is 4.83. The third kappa shape index (κ3) is 4.10. The maximum Gasteiger partial charge on any atom is 0.291 e. The van der Waals surface area contributed by atoms with Gasteiger partial charge in [-0.25, -0.2) is 0 Å². The second-order valence-electron chi connectivity index (χ2n) is 8.98. The second kappa shape index (κ2) is 9.23. The Balaban J connectivity index is 1.73. The van der Waals surface area contributed by atoms with Crippen molar-refractivity contribution in [3.63, 3.8) is 0 Å². The summed E-state index contributed by atoms with van der Waals surface area (Å²) in [7, 11) is 0. The standard InChI is InChI=1S/C29H26ClNO4/c1-4-12-34-21-10-7-9-19(15-21)26-25-27(32)24-18(3)13-17(2)14-23(24)35-28(25)29(33)31(26)16-20-8-5-6-11-22(20)30/h5-11,13-15,26H,4,12,16H2,1-3H3. The predicted molar refractivity (Wildman–Crippen MR) is 137 cm³/mol. The van der Waals surface area contributed by atoms with Crippen molar-refractivity contribution in [2.75, 3.05) is 6.61 Å². The van der Waals surface area contributed by atoms with E-state index in [9.17, 15) is 9.59 Å². The molecule has 0 bridgehead atoms. The van der Waals surface area contributed by atoms with Gasteiger partial charge in [0, 0.05) is 11.6 Å². The average molecular weight is 488 g/mol. The Morgan fingerprint density at radius 1 is 1.03 bits per heavy atom. The normalized spacial score (nSPS) is 15.0. The first-order chi connectivity index (χ1) is 16.9. The zero-order valence-corrected chi connectivity index (χ0v) is 20.7. The van der Waals surface area contributed by atoms with E-state index < -0.39 is 6.04 Å². The Hall–Kier alpha value is -3.57. The van der Waals surface area contributed by atoms with Crippen LogP contribution < -0.4 is 10.2 Å². The van der Waals surface area contributed by atoms with E-state index in [1.807, 2.05) is 75.4 Å². The summed E-state index contributed by atoms with van der Waals surface area (Å²) < 4.78 is 12.0. The van der Waals surface area contributed by atoms with Crippen molar-refractivity contribution < 1.29 is 13.9 Å². The van der Waals surface area contributed by atoms with Crippen molar-refractivity contribution in [3.05, 3.63) is 109 Å². The van der Waals surface area contributed by atoms with E-state index in [-0.39, 0.29) is 23.6 Å². The molecule has 0 aliphatic carbocycles. The van der Waals surface area contributed by atoms with Crippen LogP contribution >= 0.6 is 11.6 Å². The zero-order chi connectivity index (χ0) is 24.7. The zero-order valence-electron chi connectivity index (χ0n) is 19.9. The summed E-state index contributed by atoms with van der Waals surface area (Å²) >= 11 is 6.45. The Morgan fingerprint density at radius 2 is 1.83 bits per heavy atom. The molecule has 1 aromatic heterocycles. The average Bonchev–Trinajstić information content (AvgIpc) is 3.10. The number of hydrogen-bond donors (Lipinski definition) is 0. The first-order valence-electron chi connectivity index (χ1n) is 11.7. The number of ether oxygens (including phenoxy) is 1. The molecule has 35 heavy (non-hydrogen) atoms. The van der Waals surface area contributed by atoms with Crippen LogP contribution in [0.4, 0.5) is 0 Å². The smallest absolute Gasteiger partial charge is 0.291 e. The van der Waals surface area contributed by atoms with Crippen molar-refractivity contribution in [2.45, 2.75) is 39.8 Å². The number of benzene rings is 3. The Morgan fingerprint density at radius 3 is 2.60 bits per heavy atom. The second-order valence-corrected chi connectivity index (χ2v) is 9.38. The third-order valence-electron chi connectivity index (χ3n) is 6.36. The van der Waals surface area contributed by atoms with Crippen LogP contribution in [0.5, 0.6) is 5.75 Å². The van der Waals surface area contributed by atoms with E-state index in [0.717, 1.165) is 28.7 Å². The third-order valence-corrected chi connectivity index (χ3v) is 6.73. The number of carbonyl (C=O) groups is 1. The molecule has 0 N–H and O–H groups in total. The number of nitrogens with zero attached hydrogens (tertiary/aromatic N) is 1. The molecule has 0 saturated heterocycles. The van der Waals surface area contributed by atoms with Gasteiger partial charge in [0.15, 0.2) is 5.43 Å². The van der Waals surface area contributed by atoms with Crippen LogP contribution in [0.15, 0.2) is 69.9 Å². The lowest BCUT2D eigenvalue weighted by Crippen LogP contribution is -2.29. The molecule has 1 unspecified atom stereocenters. The molecule has 0 saturated carbocycles. The van der Waals surface area contributed by atoms with Gasteiger partial charge >= 0.3 is 0 Å². The van der Waals surface area contributed by atoms with Gasteiger partial charge in [-0.1, -0.05) is 54.9 Å². The van der Waals surface area contributed by atoms with Crippen LogP contribution in [0, 0.1) is 13.8 Å². The number of aryl methyl sites for hydroxylation is 2. The first kappa shape index (κ1) is 23.2. The lowest BCUT2D eigenvalue weighted by atomic mass is 9.96. The summed E-state index contributed by atoms with van der Waals surface area (Å²) in [5, 5.41) is 1.07. The Labute approximate surface area is 208 Å². The highest BCUT2D eigenvalue weighted by atomic mass is 35.5. The molecule has 0 fully saturated rings. The summed E-state index contributed by atoms with van der Waals surface area (Å²) in [6.07, 6.45) is 0.877. The molecule has 0 spiro atoms. The quantitative estimate of drug-likeness (QED) is 0.307. The van der Waals surface area contributed by atoms with Crippen LogP contribution in [0.2, 0.25) is 5.02 Å². The molecule has 6 heteroatoms. The summed E-state index contributed by atoms with van der Waals surface area (Å²) in [6, 6.07) is 18.1. The topological polar surface area (TPSA) is 59.8 Å². The van der Waals surface area contributed by atoms with Gasteiger partial charge in [-0.05, 0) is 66.8 Å². The van der Waals surface area contributed by atoms with Crippen molar-refractivity contribution in [1.29, 1.82) is 0 Å². The van der Waals surface area contributed by atoms with Gasteiger partial charge in [0.05, 0.1) is 23.6 Å². The van der Waals surface area contributed by atoms with Crippen LogP contribution in [-0.2, 0) is 6.54 Å². The highest BCUT2D eigenvalue weighted by molar-refractivity contribution is 6.31. The fourth-order valence-corrected chi connectivity index (χ4v) is 5.02. The number of rotatable bonds is 6. The summed E-state index contributed by atoms with van der Waals surface area (Å²) in [6.45, 7) is 6.70. The Kier molecular flexibility index (Phi) is 6.12. The number of amides is 1. The molecule has 3 aromatic carbocycles. The molecular weight excluding hydrogens is 462 g/mol. The summed E-state index contributed by atoms with van der Waals surface area (Å²) in [4.78, 5) is 29.3. The number of hydrogen-bond acceptors (Lipinski definition) is 4. The van der Waals surface area contributed by atoms with Crippen LogP contribution in [0.1, 0.15) is 57.8 Å². The highest BCUT2D eigenvalue weighted by Crippen LogP contribution is 2.41. The van der Waals surface area contributed by atoms with E-state index >= 15 is 0 Å². The van der Waals surface area contributed by atoms with E-state index in [1.54, 1.807) is 11.0 Å². The lowest BCUT2D eigenvalue weighted by Gasteiger charge is -2.26. The first-order valence-corrected chi connectivity index (χ1v) is 12.1. The van der Waals surface area contributed by atoms with Gasteiger partial charge in [0.1, 0.15) is 11.3 Å². The molecule has 178 valence electrons. The molecule has 5 rings (SSSR count). The molecule has 4 aromatic rings. The van der Waals surface area contributed by atoms with Crippen LogP contribution in [0.3, 0.4) is 0 Å². The van der Waals surface area contributed by atoms with Crippen molar-refractivity contribution in [2.24, 2.45) is 0 Å². The molecule has 1 amide bonds. The maximum atomic E-state index is 13.9. The van der Waals surface area contributed by atoms with E-state index in [1.165, 1.54) is 0 Å². The number of halogens is 1. The molecular formula is C29H26ClNO4. The summed E-state index contributed by atoms with van der Waals surface area (Å²) in [5.74, 6) is 0.451. The molecule has 1 aliphatic rings. The number of fused-ring (bicyclic) bond motifs is 2. The number of carbonyl (C=O) groups excluding carboxylic acids is 1. The minimum Gasteiger partial charge on any atom is -0.494 e. The van der Waals surface area contributed by atoms with E-state index in [2.05, 4.69) is 0 Å².